The fraction of sp³-hybridized carbons (Fsp3) is 0.769. The van der Waals surface area contributed by atoms with Gasteiger partial charge in [-0.25, -0.2) is 18.1 Å². The number of hydrogen-bond acceptors (Lipinski definition) is 5. The number of sulfonamides is 1. The van der Waals surface area contributed by atoms with Crippen LogP contribution in [0.3, 0.4) is 0 Å². The van der Waals surface area contributed by atoms with Crippen molar-refractivity contribution in [3.8, 4) is 0 Å². The minimum absolute atomic E-state index is 0.242. The van der Waals surface area contributed by atoms with E-state index in [-0.39, 0.29) is 5.75 Å². The molecule has 0 aliphatic carbocycles. The Morgan fingerprint density at radius 2 is 2.40 bits per heavy atom. The van der Waals surface area contributed by atoms with Crippen LogP contribution in [0.15, 0.2) is 11.6 Å². The smallest absolute Gasteiger partial charge is 0.211 e. The van der Waals surface area contributed by atoms with Crippen LogP contribution in [0.25, 0.3) is 0 Å². The van der Waals surface area contributed by atoms with Gasteiger partial charge < -0.3 is 4.90 Å². The number of rotatable bonds is 7. The molecule has 0 spiro atoms. The third-order valence-corrected chi connectivity index (χ3v) is 5.83. The first-order valence-corrected chi connectivity index (χ1v) is 9.75. The van der Waals surface area contributed by atoms with Gasteiger partial charge in [0.2, 0.25) is 10.0 Å². The predicted molar refractivity (Wildman–Crippen MR) is 83.7 cm³/mol. The zero-order chi connectivity index (χ0) is 14.4. The molecule has 1 aromatic rings. The van der Waals surface area contributed by atoms with Crippen molar-refractivity contribution in [2.75, 3.05) is 30.3 Å². The maximum atomic E-state index is 11.8. The van der Waals surface area contributed by atoms with E-state index in [0.717, 1.165) is 43.9 Å². The molecular formula is C13H23N3O2S2. The lowest BCUT2D eigenvalue weighted by Gasteiger charge is -2.32. The number of piperidine rings is 1. The first-order chi connectivity index (χ1) is 9.61. The molecule has 7 heteroatoms. The van der Waals surface area contributed by atoms with Gasteiger partial charge in [-0.3, -0.25) is 0 Å². The molecule has 20 heavy (non-hydrogen) atoms. The van der Waals surface area contributed by atoms with Crippen LogP contribution in [0.1, 0.15) is 32.6 Å². The number of nitrogens with zero attached hydrogens (tertiary/aromatic N) is 2. The number of anilines is 1. The fourth-order valence-corrected chi connectivity index (χ4v) is 4.41. The van der Waals surface area contributed by atoms with Gasteiger partial charge in [-0.15, -0.1) is 11.3 Å². The Hall–Kier alpha value is -0.660. The monoisotopic (exact) mass is 317 g/mol. The SMILES string of the molecule is CCCCS(=O)(=O)NCC1CCCN(c2nccs2)C1. The molecule has 1 aromatic heterocycles. The van der Waals surface area contributed by atoms with Crippen LogP contribution in [0.4, 0.5) is 5.13 Å². The molecule has 1 aliphatic heterocycles. The maximum Gasteiger partial charge on any atom is 0.211 e. The standard InChI is InChI=1S/C13H23N3O2S2/c1-2-3-9-20(17,18)15-10-12-5-4-7-16(11-12)13-14-6-8-19-13/h6,8,12,15H,2-5,7,9-11H2,1H3. The quantitative estimate of drug-likeness (QED) is 0.836. The summed E-state index contributed by atoms with van der Waals surface area (Å²) < 4.78 is 26.4. The molecule has 114 valence electrons. The van der Waals surface area contributed by atoms with E-state index in [1.165, 1.54) is 0 Å². The summed E-state index contributed by atoms with van der Waals surface area (Å²) >= 11 is 1.64. The van der Waals surface area contributed by atoms with E-state index in [4.69, 9.17) is 0 Å². The molecule has 1 unspecified atom stereocenters. The van der Waals surface area contributed by atoms with Crippen LogP contribution in [0.5, 0.6) is 0 Å². The zero-order valence-corrected chi connectivity index (χ0v) is 13.5. The molecule has 0 saturated carbocycles. The lowest BCUT2D eigenvalue weighted by molar-refractivity contribution is 0.410. The summed E-state index contributed by atoms with van der Waals surface area (Å²) in [5, 5.41) is 3.02. The summed E-state index contributed by atoms with van der Waals surface area (Å²) in [6.07, 6.45) is 5.63. The summed E-state index contributed by atoms with van der Waals surface area (Å²) in [6, 6.07) is 0. The van der Waals surface area contributed by atoms with Gasteiger partial charge in [0, 0.05) is 31.2 Å². The first-order valence-electron chi connectivity index (χ1n) is 7.22. The van der Waals surface area contributed by atoms with Crippen molar-refractivity contribution >= 4 is 26.5 Å². The van der Waals surface area contributed by atoms with Crippen molar-refractivity contribution in [1.29, 1.82) is 0 Å². The number of aromatic nitrogens is 1. The van der Waals surface area contributed by atoms with Crippen LogP contribution in [-0.2, 0) is 10.0 Å². The highest BCUT2D eigenvalue weighted by Gasteiger charge is 2.22. The van der Waals surface area contributed by atoms with E-state index >= 15 is 0 Å². The van der Waals surface area contributed by atoms with Crippen LogP contribution in [0, 0.1) is 5.92 Å². The van der Waals surface area contributed by atoms with Crippen molar-refractivity contribution in [1.82, 2.24) is 9.71 Å². The Morgan fingerprint density at radius 3 is 3.10 bits per heavy atom. The van der Waals surface area contributed by atoms with Crippen molar-refractivity contribution < 1.29 is 8.42 Å². The molecule has 1 aliphatic rings. The van der Waals surface area contributed by atoms with Crippen molar-refractivity contribution in [2.45, 2.75) is 32.6 Å². The van der Waals surface area contributed by atoms with Crippen LogP contribution in [-0.4, -0.2) is 38.8 Å². The average Bonchev–Trinajstić information content (AvgIpc) is 2.98. The van der Waals surface area contributed by atoms with E-state index in [0.29, 0.717) is 12.5 Å². The summed E-state index contributed by atoms with van der Waals surface area (Å²) in [4.78, 5) is 6.59. The van der Waals surface area contributed by atoms with Gasteiger partial charge in [-0.2, -0.15) is 0 Å². The summed E-state index contributed by atoms with van der Waals surface area (Å²) in [5.41, 5.74) is 0. The van der Waals surface area contributed by atoms with E-state index in [9.17, 15) is 8.42 Å². The second kappa shape index (κ2) is 7.38. The second-order valence-electron chi connectivity index (χ2n) is 5.29. The lowest BCUT2D eigenvalue weighted by atomic mass is 9.99. The number of nitrogens with one attached hydrogen (secondary N) is 1. The molecule has 0 radical (unpaired) electrons. The minimum atomic E-state index is -3.10. The Balaban J connectivity index is 1.81. The first kappa shape index (κ1) is 15.7. The highest BCUT2D eigenvalue weighted by Crippen LogP contribution is 2.24. The normalized spacial score (nSPS) is 20.2. The Morgan fingerprint density at radius 1 is 1.55 bits per heavy atom. The molecule has 2 rings (SSSR count). The molecule has 0 bridgehead atoms. The minimum Gasteiger partial charge on any atom is -0.348 e. The molecule has 1 N–H and O–H groups in total. The number of unbranched alkanes of at least 4 members (excludes halogenated alkanes) is 1. The van der Waals surface area contributed by atoms with Gasteiger partial charge in [0.1, 0.15) is 0 Å². The van der Waals surface area contributed by atoms with Gasteiger partial charge in [0.05, 0.1) is 5.75 Å². The van der Waals surface area contributed by atoms with E-state index in [2.05, 4.69) is 14.6 Å². The highest BCUT2D eigenvalue weighted by atomic mass is 32.2. The molecule has 1 fully saturated rings. The van der Waals surface area contributed by atoms with Crippen molar-refractivity contribution in [3.05, 3.63) is 11.6 Å². The topological polar surface area (TPSA) is 62.3 Å². The lowest BCUT2D eigenvalue weighted by Crippen LogP contribution is -2.41. The van der Waals surface area contributed by atoms with E-state index in [1.807, 2.05) is 18.5 Å². The highest BCUT2D eigenvalue weighted by molar-refractivity contribution is 7.89. The third-order valence-electron chi connectivity index (χ3n) is 3.57. The Kier molecular flexibility index (Phi) is 5.80. The largest absolute Gasteiger partial charge is 0.348 e. The van der Waals surface area contributed by atoms with Crippen LogP contribution >= 0.6 is 11.3 Å². The summed E-state index contributed by atoms with van der Waals surface area (Å²) in [7, 11) is -3.10. The average molecular weight is 317 g/mol. The summed E-state index contributed by atoms with van der Waals surface area (Å²) in [6.45, 7) is 4.47. The second-order valence-corrected chi connectivity index (χ2v) is 8.09. The van der Waals surface area contributed by atoms with Crippen LogP contribution < -0.4 is 9.62 Å². The Labute approximate surface area is 125 Å². The molecule has 0 aromatic carbocycles. The molecule has 0 amide bonds. The van der Waals surface area contributed by atoms with Crippen molar-refractivity contribution in [3.63, 3.8) is 0 Å². The van der Waals surface area contributed by atoms with Gasteiger partial charge in [0.25, 0.3) is 0 Å². The zero-order valence-electron chi connectivity index (χ0n) is 11.9. The predicted octanol–water partition coefficient (Wildman–Crippen LogP) is 2.08. The van der Waals surface area contributed by atoms with Crippen molar-refractivity contribution in [2.24, 2.45) is 5.92 Å². The number of hydrogen-bond donors (Lipinski definition) is 1. The summed E-state index contributed by atoms with van der Waals surface area (Å²) in [5.74, 6) is 0.621. The third kappa shape index (κ3) is 4.71. The van der Waals surface area contributed by atoms with Gasteiger partial charge in [-0.05, 0) is 25.2 Å². The fourth-order valence-electron chi connectivity index (χ4n) is 2.43. The molecule has 1 saturated heterocycles. The molecule has 2 heterocycles. The Bertz CT molecular complexity index is 488. The van der Waals surface area contributed by atoms with Gasteiger partial charge in [0.15, 0.2) is 5.13 Å². The molecule has 1 atom stereocenters. The van der Waals surface area contributed by atoms with Gasteiger partial charge >= 0.3 is 0 Å². The van der Waals surface area contributed by atoms with E-state index < -0.39 is 10.0 Å². The van der Waals surface area contributed by atoms with Crippen LogP contribution in [0.2, 0.25) is 0 Å². The number of thiazole rings is 1. The van der Waals surface area contributed by atoms with Gasteiger partial charge in [-0.1, -0.05) is 13.3 Å². The maximum absolute atomic E-state index is 11.8. The molecular weight excluding hydrogens is 294 g/mol. The molecule has 5 nitrogen and oxygen atoms in total. The van der Waals surface area contributed by atoms with E-state index in [1.54, 1.807) is 11.3 Å².